The van der Waals surface area contributed by atoms with Crippen molar-refractivity contribution in [3.63, 3.8) is 0 Å². The summed E-state index contributed by atoms with van der Waals surface area (Å²) < 4.78 is 0. The van der Waals surface area contributed by atoms with Gasteiger partial charge in [-0.1, -0.05) is 13.0 Å². The molecule has 2 amide bonds. The van der Waals surface area contributed by atoms with Crippen LogP contribution in [0.3, 0.4) is 0 Å². The zero-order chi connectivity index (χ0) is 17.7. The number of nitrogens with zero attached hydrogens (tertiary/aromatic N) is 3. The molecule has 2 fully saturated rings. The van der Waals surface area contributed by atoms with Gasteiger partial charge in [0.25, 0.3) is 0 Å². The van der Waals surface area contributed by atoms with Gasteiger partial charge in [0.05, 0.1) is 6.04 Å². The summed E-state index contributed by atoms with van der Waals surface area (Å²) in [6.45, 7) is 15.6. The standard InChI is InChI=1S/C18H32N4O2/c1-5-7-19-18(24)15(3)22-12-14(2)17(13-22)21-9-6-8-20(10-11-21)16(4)23/h5,14-15,17H,1,6-13H2,2-4H3,(H,19,24)/t14-,15+,17-/m1/s1. The molecule has 3 atom stereocenters. The molecule has 0 aliphatic carbocycles. The van der Waals surface area contributed by atoms with Crippen LogP contribution >= 0.6 is 0 Å². The number of hydrogen-bond donors (Lipinski definition) is 1. The van der Waals surface area contributed by atoms with Crippen molar-refractivity contribution in [1.29, 1.82) is 0 Å². The van der Waals surface area contributed by atoms with E-state index in [4.69, 9.17) is 0 Å². The minimum atomic E-state index is -0.113. The van der Waals surface area contributed by atoms with Crippen molar-refractivity contribution in [2.45, 2.75) is 39.3 Å². The van der Waals surface area contributed by atoms with Crippen LogP contribution in [0.15, 0.2) is 12.7 Å². The van der Waals surface area contributed by atoms with E-state index in [1.165, 1.54) is 0 Å². The van der Waals surface area contributed by atoms with Crippen molar-refractivity contribution in [2.75, 3.05) is 45.8 Å². The fourth-order valence-corrected chi connectivity index (χ4v) is 3.85. The van der Waals surface area contributed by atoms with Crippen molar-refractivity contribution in [3.8, 4) is 0 Å². The van der Waals surface area contributed by atoms with E-state index >= 15 is 0 Å². The molecule has 0 aromatic carbocycles. The minimum absolute atomic E-state index is 0.0707. The molecule has 0 unspecified atom stereocenters. The Hall–Kier alpha value is -1.40. The van der Waals surface area contributed by atoms with Crippen LogP contribution < -0.4 is 5.32 Å². The first-order valence-corrected chi connectivity index (χ1v) is 9.06. The second-order valence-electron chi connectivity index (χ2n) is 7.10. The van der Waals surface area contributed by atoms with E-state index in [0.29, 0.717) is 18.5 Å². The number of rotatable bonds is 5. The van der Waals surface area contributed by atoms with Gasteiger partial charge in [0, 0.05) is 58.8 Å². The van der Waals surface area contributed by atoms with Gasteiger partial charge in [-0.2, -0.15) is 0 Å². The van der Waals surface area contributed by atoms with Crippen molar-refractivity contribution in [1.82, 2.24) is 20.0 Å². The highest BCUT2D eigenvalue weighted by Crippen LogP contribution is 2.24. The normalized spacial score (nSPS) is 27.5. The van der Waals surface area contributed by atoms with Crippen LogP contribution in [-0.2, 0) is 9.59 Å². The summed E-state index contributed by atoms with van der Waals surface area (Å²) in [5.74, 6) is 0.773. The van der Waals surface area contributed by atoms with Gasteiger partial charge in [0.2, 0.25) is 11.8 Å². The van der Waals surface area contributed by atoms with Gasteiger partial charge in [0.15, 0.2) is 0 Å². The third-order valence-corrected chi connectivity index (χ3v) is 5.39. The molecule has 136 valence electrons. The van der Waals surface area contributed by atoms with Gasteiger partial charge in [-0.05, 0) is 19.3 Å². The molecule has 24 heavy (non-hydrogen) atoms. The molecule has 0 aromatic rings. The van der Waals surface area contributed by atoms with Gasteiger partial charge >= 0.3 is 0 Å². The number of amides is 2. The SMILES string of the molecule is C=CCNC(=O)[C@H](C)N1C[C@@H](C)[C@H](N2CCCN(C(C)=O)CC2)C1. The number of carbonyl (C=O) groups is 2. The van der Waals surface area contributed by atoms with Gasteiger partial charge in [-0.15, -0.1) is 6.58 Å². The zero-order valence-electron chi connectivity index (χ0n) is 15.3. The lowest BCUT2D eigenvalue weighted by Gasteiger charge is -2.30. The molecule has 2 saturated heterocycles. The van der Waals surface area contributed by atoms with Gasteiger partial charge in [0.1, 0.15) is 0 Å². The maximum Gasteiger partial charge on any atom is 0.237 e. The minimum Gasteiger partial charge on any atom is -0.351 e. The molecular formula is C18H32N4O2. The topological polar surface area (TPSA) is 55.9 Å². The maximum absolute atomic E-state index is 12.2. The quantitative estimate of drug-likeness (QED) is 0.745. The van der Waals surface area contributed by atoms with E-state index in [9.17, 15) is 9.59 Å². The van der Waals surface area contributed by atoms with Crippen molar-refractivity contribution in [3.05, 3.63) is 12.7 Å². The van der Waals surface area contributed by atoms with E-state index in [1.807, 2.05) is 11.8 Å². The van der Waals surface area contributed by atoms with Crippen LogP contribution in [0.25, 0.3) is 0 Å². The second kappa shape index (κ2) is 8.62. The lowest BCUT2D eigenvalue weighted by atomic mass is 10.0. The zero-order valence-corrected chi connectivity index (χ0v) is 15.3. The summed E-state index contributed by atoms with van der Waals surface area (Å²) in [5.41, 5.74) is 0. The Morgan fingerprint density at radius 2 is 2.00 bits per heavy atom. The summed E-state index contributed by atoms with van der Waals surface area (Å²) >= 11 is 0. The van der Waals surface area contributed by atoms with Gasteiger partial charge in [-0.3, -0.25) is 19.4 Å². The molecule has 2 heterocycles. The van der Waals surface area contributed by atoms with Crippen LogP contribution in [0.2, 0.25) is 0 Å². The van der Waals surface area contributed by atoms with Crippen LogP contribution in [0.5, 0.6) is 0 Å². The molecule has 0 spiro atoms. The number of nitrogens with one attached hydrogen (secondary N) is 1. The number of likely N-dealkylation sites (tertiary alicyclic amines) is 1. The van der Waals surface area contributed by atoms with E-state index in [1.54, 1.807) is 13.0 Å². The molecule has 0 saturated carbocycles. The predicted molar refractivity (Wildman–Crippen MR) is 95.6 cm³/mol. The summed E-state index contributed by atoms with van der Waals surface area (Å²) in [5, 5.41) is 2.89. The number of hydrogen-bond acceptors (Lipinski definition) is 4. The maximum atomic E-state index is 12.2. The van der Waals surface area contributed by atoms with Gasteiger partial charge in [-0.25, -0.2) is 0 Å². The second-order valence-corrected chi connectivity index (χ2v) is 7.10. The molecule has 2 aliphatic heterocycles. The predicted octanol–water partition coefficient (Wildman–Crippen LogP) is 0.552. The average Bonchev–Trinajstić information content (AvgIpc) is 2.78. The van der Waals surface area contributed by atoms with Crippen LogP contribution in [0.1, 0.15) is 27.2 Å². The Bertz CT molecular complexity index is 468. The highest BCUT2D eigenvalue weighted by Gasteiger charge is 2.37. The third-order valence-electron chi connectivity index (χ3n) is 5.39. The lowest BCUT2D eigenvalue weighted by molar-refractivity contribution is -0.128. The molecule has 2 aliphatic rings. The molecule has 2 rings (SSSR count). The summed E-state index contributed by atoms with van der Waals surface area (Å²) in [4.78, 5) is 30.5. The highest BCUT2D eigenvalue weighted by molar-refractivity contribution is 5.81. The van der Waals surface area contributed by atoms with E-state index in [2.05, 4.69) is 28.6 Å². The van der Waals surface area contributed by atoms with Crippen LogP contribution in [0, 0.1) is 5.92 Å². The molecular weight excluding hydrogens is 304 g/mol. The summed E-state index contributed by atoms with van der Waals surface area (Å²) in [6.07, 6.45) is 2.73. The fraction of sp³-hybridized carbons (Fsp3) is 0.778. The largest absolute Gasteiger partial charge is 0.351 e. The fourth-order valence-electron chi connectivity index (χ4n) is 3.85. The molecule has 0 aromatic heterocycles. The Balaban J connectivity index is 1.92. The molecule has 6 nitrogen and oxygen atoms in total. The van der Waals surface area contributed by atoms with Gasteiger partial charge < -0.3 is 10.2 Å². The molecule has 1 N–H and O–H groups in total. The third kappa shape index (κ3) is 4.57. The first-order valence-electron chi connectivity index (χ1n) is 9.06. The van der Waals surface area contributed by atoms with E-state index < -0.39 is 0 Å². The van der Waals surface area contributed by atoms with E-state index in [0.717, 1.165) is 45.7 Å². The first-order chi connectivity index (χ1) is 11.4. The van der Waals surface area contributed by atoms with Crippen LogP contribution in [0.4, 0.5) is 0 Å². The lowest BCUT2D eigenvalue weighted by Crippen LogP contribution is -2.46. The Morgan fingerprint density at radius 1 is 1.25 bits per heavy atom. The number of carbonyl (C=O) groups excluding carboxylic acids is 2. The van der Waals surface area contributed by atoms with E-state index in [-0.39, 0.29) is 17.9 Å². The summed E-state index contributed by atoms with van der Waals surface area (Å²) in [6, 6.07) is 0.352. The molecule has 0 bridgehead atoms. The highest BCUT2D eigenvalue weighted by atomic mass is 16.2. The Labute approximate surface area is 145 Å². The Morgan fingerprint density at radius 3 is 2.67 bits per heavy atom. The van der Waals surface area contributed by atoms with Crippen molar-refractivity contribution >= 4 is 11.8 Å². The monoisotopic (exact) mass is 336 g/mol. The Kier molecular flexibility index (Phi) is 6.80. The first kappa shape index (κ1) is 18.9. The van der Waals surface area contributed by atoms with Crippen molar-refractivity contribution in [2.24, 2.45) is 5.92 Å². The smallest absolute Gasteiger partial charge is 0.237 e. The summed E-state index contributed by atoms with van der Waals surface area (Å²) in [7, 11) is 0. The average molecular weight is 336 g/mol. The van der Waals surface area contributed by atoms with Crippen LogP contribution in [-0.4, -0.2) is 84.4 Å². The van der Waals surface area contributed by atoms with Crippen molar-refractivity contribution < 1.29 is 9.59 Å². The molecule has 0 radical (unpaired) electrons. The molecule has 6 heteroatoms.